The van der Waals surface area contributed by atoms with Gasteiger partial charge in [-0.1, -0.05) is 0 Å². The summed E-state index contributed by atoms with van der Waals surface area (Å²) in [4.78, 5) is 0. The van der Waals surface area contributed by atoms with Gasteiger partial charge in [0.1, 0.15) is 11.5 Å². The van der Waals surface area contributed by atoms with Gasteiger partial charge in [-0.05, 0) is 44.1 Å². The molecule has 0 spiro atoms. The van der Waals surface area contributed by atoms with E-state index < -0.39 is 0 Å². The first kappa shape index (κ1) is 10.5. The van der Waals surface area contributed by atoms with E-state index in [0.29, 0.717) is 16.4 Å². The van der Waals surface area contributed by atoms with E-state index in [1.807, 2.05) is 19.1 Å². The molecular weight excluding hydrogens is 236 g/mol. The Morgan fingerprint density at radius 3 is 3.06 bits per heavy atom. The van der Waals surface area contributed by atoms with E-state index in [4.69, 9.17) is 16.6 Å². The second kappa shape index (κ2) is 3.96. The second-order valence-corrected chi connectivity index (χ2v) is 4.55. The largest absolute Gasteiger partial charge is 0.460 e. The Balaban J connectivity index is 1.91. The van der Waals surface area contributed by atoms with Crippen molar-refractivity contribution in [3.05, 3.63) is 34.2 Å². The van der Waals surface area contributed by atoms with E-state index in [9.17, 15) is 0 Å². The predicted molar refractivity (Wildman–Crippen MR) is 65.8 cm³/mol. The zero-order valence-electron chi connectivity index (χ0n) is 9.38. The monoisotopic (exact) mass is 248 g/mol. The fourth-order valence-corrected chi connectivity index (χ4v) is 1.84. The first-order chi connectivity index (χ1) is 8.24. The summed E-state index contributed by atoms with van der Waals surface area (Å²) in [5.41, 5.74) is 0. The SMILES string of the molecule is Cc1ccc(/C=N\n2c(C3CC3)n[nH]c2=S)o1. The van der Waals surface area contributed by atoms with E-state index >= 15 is 0 Å². The van der Waals surface area contributed by atoms with Crippen molar-refractivity contribution in [2.75, 3.05) is 0 Å². The Bertz CT molecular complexity index is 617. The lowest BCUT2D eigenvalue weighted by atomic mass is 10.4. The number of hydrogen-bond donors (Lipinski definition) is 1. The number of H-pyrrole nitrogens is 1. The minimum absolute atomic E-state index is 0.499. The fraction of sp³-hybridized carbons (Fsp3) is 0.364. The molecule has 6 heteroatoms. The lowest BCUT2D eigenvalue weighted by Crippen LogP contribution is -1.96. The van der Waals surface area contributed by atoms with Gasteiger partial charge in [0.25, 0.3) is 0 Å². The van der Waals surface area contributed by atoms with Gasteiger partial charge in [-0.3, -0.25) is 5.10 Å². The van der Waals surface area contributed by atoms with Crippen molar-refractivity contribution in [1.82, 2.24) is 14.9 Å². The highest BCUT2D eigenvalue weighted by molar-refractivity contribution is 7.71. The highest BCUT2D eigenvalue weighted by Gasteiger charge is 2.29. The van der Waals surface area contributed by atoms with Crippen LogP contribution in [0, 0.1) is 11.7 Å². The molecule has 88 valence electrons. The normalized spacial score (nSPS) is 15.8. The third-order valence-corrected chi connectivity index (χ3v) is 2.94. The molecule has 0 amide bonds. The smallest absolute Gasteiger partial charge is 0.216 e. The lowest BCUT2D eigenvalue weighted by Gasteiger charge is -1.96. The van der Waals surface area contributed by atoms with Crippen molar-refractivity contribution < 1.29 is 4.42 Å². The number of aromatic amines is 1. The molecular formula is C11H12N4OS. The third kappa shape index (κ3) is 2.08. The van der Waals surface area contributed by atoms with Crippen molar-refractivity contribution >= 4 is 18.4 Å². The molecule has 0 atom stereocenters. The molecule has 2 heterocycles. The van der Waals surface area contributed by atoms with Crippen molar-refractivity contribution in [3.63, 3.8) is 0 Å². The molecule has 1 aliphatic rings. The van der Waals surface area contributed by atoms with E-state index in [1.165, 1.54) is 0 Å². The number of nitrogens with zero attached hydrogens (tertiary/aromatic N) is 3. The number of hydrogen-bond acceptors (Lipinski definition) is 4. The molecule has 17 heavy (non-hydrogen) atoms. The summed E-state index contributed by atoms with van der Waals surface area (Å²) in [7, 11) is 0. The topological polar surface area (TPSA) is 59.1 Å². The standard InChI is InChI=1S/C11H12N4OS/c1-7-2-5-9(16-7)6-12-15-10(8-3-4-8)13-14-11(15)17/h2,5-6,8H,3-4H2,1H3,(H,14,17)/b12-6-. The number of nitrogens with one attached hydrogen (secondary N) is 1. The Morgan fingerprint density at radius 1 is 1.59 bits per heavy atom. The first-order valence-electron chi connectivity index (χ1n) is 5.52. The highest BCUT2D eigenvalue weighted by atomic mass is 32.1. The summed E-state index contributed by atoms with van der Waals surface area (Å²) in [6, 6.07) is 3.77. The average molecular weight is 248 g/mol. The zero-order chi connectivity index (χ0) is 11.8. The van der Waals surface area contributed by atoms with Crippen LogP contribution in [0.3, 0.4) is 0 Å². The Hall–Kier alpha value is -1.69. The fourth-order valence-electron chi connectivity index (χ4n) is 1.66. The van der Waals surface area contributed by atoms with Crippen molar-refractivity contribution in [2.45, 2.75) is 25.7 Å². The summed E-state index contributed by atoms with van der Waals surface area (Å²) < 4.78 is 7.60. The number of rotatable bonds is 3. The molecule has 1 saturated carbocycles. The second-order valence-electron chi connectivity index (χ2n) is 4.17. The predicted octanol–water partition coefficient (Wildman–Crippen LogP) is 2.60. The quantitative estimate of drug-likeness (QED) is 0.671. The molecule has 2 aromatic heterocycles. The maximum Gasteiger partial charge on any atom is 0.216 e. The summed E-state index contributed by atoms with van der Waals surface area (Å²) in [6.07, 6.45) is 3.98. The van der Waals surface area contributed by atoms with Crippen LogP contribution in [0.25, 0.3) is 0 Å². The summed E-state index contributed by atoms with van der Waals surface area (Å²) in [6.45, 7) is 1.90. The molecule has 0 saturated heterocycles. The highest BCUT2D eigenvalue weighted by Crippen LogP contribution is 2.38. The molecule has 1 aliphatic carbocycles. The van der Waals surface area contributed by atoms with Crippen molar-refractivity contribution in [2.24, 2.45) is 5.10 Å². The van der Waals surface area contributed by atoms with E-state index in [-0.39, 0.29) is 0 Å². The van der Waals surface area contributed by atoms with Crippen LogP contribution in [-0.4, -0.2) is 21.1 Å². The van der Waals surface area contributed by atoms with Crippen LogP contribution in [0.5, 0.6) is 0 Å². The summed E-state index contributed by atoms with van der Waals surface area (Å²) >= 11 is 5.14. The molecule has 0 aliphatic heterocycles. The van der Waals surface area contributed by atoms with Gasteiger partial charge in [0.15, 0.2) is 5.82 Å². The van der Waals surface area contributed by atoms with Gasteiger partial charge < -0.3 is 4.42 Å². The van der Waals surface area contributed by atoms with Crippen LogP contribution in [0.4, 0.5) is 0 Å². The summed E-state index contributed by atoms with van der Waals surface area (Å²) in [5.74, 6) is 2.99. The molecule has 5 nitrogen and oxygen atoms in total. The molecule has 0 bridgehead atoms. The van der Waals surface area contributed by atoms with Gasteiger partial charge in [-0.25, -0.2) is 0 Å². The van der Waals surface area contributed by atoms with Crippen LogP contribution in [0.1, 0.15) is 36.1 Å². The molecule has 0 aromatic carbocycles. The van der Waals surface area contributed by atoms with Crippen LogP contribution in [0.2, 0.25) is 0 Å². The van der Waals surface area contributed by atoms with E-state index in [1.54, 1.807) is 10.9 Å². The Kier molecular flexibility index (Phi) is 2.44. The van der Waals surface area contributed by atoms with Crippen molar-refractivity contribution in [1.29, 1.82) is 0 Å². The number of aromatic nitrogens is 3. The maximum absolute atomic E-state index is 5.41. The van der Waals surface area contributed by atoms with Gasteiger partial charge in [-0.2, -0.15) is 14.9 Å². The molecule has 1 N–H and O–H groups in total. The lowest BCUT2D eigenvalue weighted by molar-refractivity contribution is 0.527. The molecule has 0 unspecified atom stereocenters. The van der Waals surface area contributed by atoms with Crippen molar-refractivity contribution in [3.8, 4) is 0 Å². The minimum atomic E-state index is 0.499. The van der Waals surface area contributed by atoms with E-state index in [2.05, 4.69) is 15.3 Å². The number of furan rings is 1. The van der Waals surface area contributed by atoms with Crippen LogP contribution in [-0.2, 0) is 0 Å². The molecule has 0 radical (unpaired) electrons. The first-order valence-corrected chi connectivity index (χ1v) is 5.93. The van der Waals surface area contributed by atoms with Crippen LogP contribution < -0.4 is 0 Å². The Labute approximate surface area is 103 Å². The maximum atomic E-state index is 5.41. The minimum Gasteiger partial charge on any atom is -0.460 e. The van der Waals surface area contributed by atoms with Crippen LogP contribution >= 0.6 is 12.2 Å². The third-order valence-electron chi connectivity index (χ3n) is 2.68. The van der Waals surface area contributed by atoms with Gasteiger partial charge in [0.2, 0.25) is 4.77 Å². The van der Waals surface area contributed by atoms with Crippen LogP contribution in [0.15, 0.2) is 21.7 Å². The molecule has 2 aromatic rings. The number of aryl methyl sites for hydroxylation is 1. The van der Waals surface area contributed by atoms with Gasteiger partial charge in [0.05, 0.1) is 6.21 Å². The van der Waals surface area contributed by atoms with Gasteiger partial charge >= 0.3 is 0 Å². The van der Waals surface area contributed by atoms with Gasteiger partial charge in [0, 0.05) is 5.92 Å². The van der Waals surface area contributed by atoms with E-state index in [0.717, 1.165) is 24.4 Å². The zero-order valence-corrected chi connectivity index (χ0v) is 10.2. The van der Waals surface area contributed by atoms with Gasteiger partial charge in [-0.15, -0.1) is 0 Å². The molecule has 3 rings (SSSR count). The Morgan fingerprint density at radius 2 is 2.41 bits per heavy atom. The average Bonchev–Trinajstić information content (AvgIpc) is 2.97. The summed E-state index contributed by atoms with van der Waals surface area (Å²) in [5, 5.41) is 11.3. The molecule has 1 fully saturated rings.